The fourth-order valence-corrected chi connectivity index (χ4v) is 3.25. The number of aromatic nitrogens is 3. The molecule has 23 heavy (non-hydrogen) atoms. The van der Waals surface area contributed by atoms with Crippen LogP contribution >= 0.6 is 23.4 Å². The minimum absolute atomic E-state index is 0.693. The molecule has 0 atom stereocenters. The van der Waals surface area contributed by atoms with Crippen molar-refractivity contribution in [2.45, 2.75) is 10.9 Å². The Balaban J connectivity index is 1.74. The van der Waals surface area contributed by atoms with E-state index in [1.165, 1.54) is 5.56 Å². The summed E-state index contributed by atoms with van der Waals surface area (Å²) < 4.78 is 7.15. The molecule has 0 saturated carbocycles. The number of halogens is 1. The Morgan fingerprint density at radius 3 is 2.61 bits per heavy atom. The first-order valence-corrected chi connectivity index (χ1v) is 8.45. The lowest BCUT2D eigenvalue weighted by atomic mass is 10.2. The van der Waals surface area contributed by atoms with Gasteiger partial charge >= 0.3 is 0 Å². The Hall–Kier alpha value is -1.98. The summed E-state index contributed by atoms with van der Waals surface area (Å²) in [5.41, 5.74) is 2.17. The third-order valence-corrected chi connectivity index (χ3v) is 4.77. The first kappa shape index (κ1) is 15.9. The molecule has 0 radical (unpaired) electrons. The van der Waals surface area contributed by atoms with Crippen molar-refractivity contribution in [1.82, 2.24) is 14.8 Å². The summed E-state index contributed by atoms with van der Waals surface area (Å²) in [6, 6.07) is 15.7. The highest BCUT2D eigenvalue weighted by atomic mass is 35.5. The molecule has 118 valence electrons. The first-order valence-electron chi connectivity index (χ1n) is 7.08. The van der Waals surface area contributed by atoms with Crippen LogP contribution in [0, 0.1) is 0 Å². The molecule has 0 spiro atoms. The molecule has 6 heteroatoms. The van der Waals surface area contributed by atoms with Crippen molar-refractivity contribution in [2.75, 3.05) is 7.11 Å². The molecule has 0 bridgehead atoms. The number of methoxy groups -OCH3 is 1. The molecule has 0 aliphatic rings. The smallest absolute Gasteiger partial charge is 0.191 e. The lowest BCUT2D eigenvalue weighted by Gasteiger charge is -2.05. The summed E-state index contributed by atoms with van der Waals surface area (Å²) in [5, 5.41) is 10.1. The van der Waals surface area contributed by atoms with Crippen LogP contribution in [0.2, 0.25) is 5.02 Å². The zero-order chi connectivity index (χ0) is 16.2. The van der Waals surface area contributed by atoms with Gasteiger partial charge in [-0.25, -0.2) is 0 Å². The van der Waals surface area contributed by atoms with Crippen LogP contribution in [-0.4, -0.2) is 21.9 Å². The number of hydrogen-bond donors (Lipinski definition) is 0. The van der Waals surface area contributed by atoms with Crippen molar-refractivity contribution in [3.63, 3.8) is 0 Å². The van der Waals surface area contributed by atoms with Crippen LogP contribution in [0.1, 0.15) is 5.56 Å². The normalized spacial score (nSPS) is 10.7. The molecular weight excluding hydrogens is 330 g/mol. The van der Waals surface area contributed by atoms with E-state index < -0.39 is 0 Å². The van der Waals surface area contributed by atoms with Gasteiger partial charge in [0.2, 0.25) is 0 Å². The Morgan fingerprint density at radius 1 is 1.13 bits per heavy atom. The number of ether oxygens (including phenoxy) is 1. The summed E-state index contributed by atoms with van der Waals surface area (Å²) in [6.45, 7) is 0. The Labute approximate surface area is 144 Å². The maximum Gasteiger partial charge on any atom is 0.191 e. The molecule has 1 heterocycles. The lowest BCUT2D eigenvalue weighted by Crippen LogP contribution is -1.95. The molecule has 1 aromatic heterocycles. The number of benzene rings is 2. The third kappa shape index (κ3) is 3.68. The molecule has 0 N–H and O–H groups in total. The number of thioether (sulfide) groups is 1. The van der Waals surface area contributed by atoms with Gasteiger partial charge in [-0.3, -0.25) is 0 Å². The van der Waals surface area contributed by atoms with Crippen LogP contribution in [0.25, 0.3) is 11.4 Å². The van der Waals surface area contributed by atoms with Gasteiger partial charge in [-0.05, 0) is 29.8 Å². The highest BCUT2D eigenvalue weighted by Crippen LogP contribution is 2.27. The average Bonchev–Trinajstić information content (AvgIpc) is 2.94. The van der Waals surface area contributed by atoms with Crippen LogP contribution in [0.15, 0.2) is 53.7 Å². The van der Waals surface area contributed by atoms with Gasteiger partial charge in [-0.1, -0.05) is 47.6 Å². The molecule has 0 amide bonds. The predicted octanol–water partition coefficient (Wildman–Crippen LogP) is 4.44. The van der Waals surface area contributed by atoms with Crippen molar-refractivity contribution in [1.29, 1.82) is 0 Å². The van der Waals surface area contributed by atoms with Crippen LogP contribution in [-0.2, 0) is 12.8 Å². The quantitative estimate of drug-likeness (QED) is 0.641. The van der Waals surface area contributed by atoms with Crippen molar-refractivity contribution >= 4 is 23.4 Å². The van der Waals surface area contributed by atoms with Gasteiger partial charge in [0.05, 0.1) is 7.11 Å². The molecule has 3 aromatic rings. The highest BCUT2D eigenvalue weighted by Gasteiger charge is 2.11. The molecule has 4 nitrogen and oxygen atoms in total. The number of hydrogen-bond acceptors (Lipinski definition) is 4. The van der Waals surface area contributed by atoms with E-state index in [1.54, 1.807) is 18.9 Å². The van der Waals surface area contributed by atoms with Gasteiger partial charge in [-0.15, -0.1) is 10.2 Å². The van der Waals surface area contributed by atoms with Crippen LogP contribution in [0.3, 0.4) is 0 Å². The monoisotopic (exact) mass is 345 g/mol. The maximum atomic E-state index is 6.05. The zero-order valence-electron chi connectivity index (χ0n) is 12.9. The van der Waals surface area contributed by atoms with Crippen LogP contribution in [0.5, 0.6) is 5.75 Å². The van der Waals surface area contributed by atoms with Crippen LogP contribution in [0.4, 0.5) is 0 Å². The highest BCUT2D eigenvalue weighted by molar-refractivity contribution is 7.98. The van der Waals surface area contributed by atoms with E-state index in [0.717, 1.165) is 28.0 Å². The van der Waals surface area contributed by atoms with E-state index in [4.69, 9.17) is 16.3 Å². The van der Waals surface area contributed by atoms with Crippen molar-refractivity contribution in [2.24, 2.45) is 7.05 Å². The summed E-state index contributed by atoms with van der Waals surface area (Å²) in [6.07, 6.45) is 0. The van der Waals surface area contributed by atoms with Gasteiger partial charge in [0, 0.05) is 23.4 Å². The average molecular weight is 346 g/mol. The zero-order valence-corrected chi connectivity index (χ0v) is 14.4. The van der Waals surface area contributed by atoms with Gasteiger partial charge in [-0.2, -0.15) is 0 Å². The van der Waals surface area contributed by atoms with E-state index >= 15 is 0 Å². The van der Waals surface area contributed by atoms with Gasteiger partial charge in [0.25, 0.3) is 0 Å². The molecule has 0 fully saturated rings. The second-order valence-corrected chi connectivity index (χ2v) is 6.39. The largest absolute Gasteiger partial charge is 0.497 e. The lowest BCUT2D eigenvalue weighted by molar-refractivity contribution is 0.414. The minimum atomic E-state index is 0.693. The third-order valence-electron chi connectivity index (χ3n) is 3.44. The standard InChI is InChI=1S/C17H16ClN3OS/c1-21-16(13-4-3-5-14(18)10-13)19-20-17(21)23-11-12-6-8-15(22-2)9-7-12/h3-10H,11H2,1-2H3. The fourth-order valence-electron chi connectivity index (χ4n) is 2.19. The van der Waals surface area contributed by atoms with Gasteiger partial charge in [0.15, 0.2) is 11.0 Å². The van der Waals surface area contributed by atoms with E-state index in [0.29, 0.717) is 5.02 Å². The van der Waals surface area contributed by atoms with E-state index in [2.05, 4.69) is 22.3 Å². The minimum Gasteiger partial charge on any atom is -0.497 e. The maximum absolute atomic E-state index is 6.05. The Morgan fingerprint density at radius 2 is 1.91 bits per heavy atom. The van der Waals surface area contributed by atoms with Crippen molar-refractivity contribution in [3.05, 3.63) is 59.1 Å². The Kier molecular flexibility index (Phi) is 4.88. The molecule has 3 rings (SSSR count). The summed E-state index contributed by atoms with van der Waals surface area (Å²) in [7, 11) is 3.63. The second-order valence-electron chi connectivity index (χ2n) is 5.01. The topological polar surface area (TPSA) is 39.9 Å². The van der Waals surface area contributed by atoms with E-state index in [1.807, 2.05) is 48.0 Å². The summed E-state index contributed by atoms with van der Waals surface area (Å²) in [5.74, 6) is 2.50. The van der Waals surface area contributed by atoms with Crippen molar-refractivity contribution < 1.29 is 4.74 Å². The van der Waals surface area contributed by atoms with Crippen molar-refractivity contribution in [3.8, 4) is 17.1 Å². The van der Waals surface area contributed by atoms with Crippen LogP contribution < -0.4 is 4.74 Å². The van der Waals surface area contributed by atoms with E-state index in [9.17, 15) is 0 Å². The molecule has 2 aromatic carbocycles. The summed E-state index contributed by atoms with van der Waals surface area (Å²) >= 11 is 7.70. The predicted molar refractivity (Wildman–Crippen MR) is 94.0 cm³/mol. The van der Waals surface area contributed by atoms with Gasteiger partial charge in [0.1, 0.15) is 5.75 Å². The molecule has 0 aliphatic carbocycles. The summed E-state index contributed by atoms with van der Waals surface area (Å²) in [4.78, 5) is 0. The molecular formula is C17H16ClN3OS. The molecule has 0 unspecified atom stereocenters. The number of rotatable bonds is 5. The number of nitrogens with zero attached hydrogens (tertiary/aromatic N) is 3. The molecule has 0 saturated heterocycles. The van der Waals surface area contributed by atoms with Gasteiger partial charge < -0.3 is 9.30 Å². The fraction of sp³-hybridized carbons (Fsp3) is 0.176. The molecule has 0 aliphatic heterocycles. The first-order chi connectivity index (χ1) is 11.2. The second kappa shape index (κ2) is 7.06. The Bertz CT molecular complexity index is 802. The SMILES string of the molecule is COc1ccc(CSc2nnc(-c3cccc(Cl)c3)n2C)cc1. The van der Waals surface area contributed by atoms with E-state index in [-0.39, 0.29) is 0 Å².